The summed E-state index contributed by atoms with van der Waals surface area (Å²) in [7, 11) is 1.81. The van der Waals surface area contributed by atoms with Crippen LogP contribution in [0.2, 0.25) is 5.02 Å². The summed E-state index contributed by atoms with van der Waals surface area (Å²) in [4.78, 5) is 13.7. The van der Waals surface area contributed by atoms with Crippen molar-refractivity contribution in [2.24, 2.45) is 11.7 Å². The maximum atomic E-state index is 12.0. The molecule has 1 aromatic carbocycles. The molecule has 1 atom stereocenters. The van der Waals surface area contributed by atoms with E-state index in [1.54, 1.807) is 4.90 Å². The Morgan fingerprint density at radius 2 is 2.00 bits per heavy atom. The van der Waals surface area contributed by atoms with Crippen molar-refractivity contribution >= 4 is 17.5 Å². The zero-order valence-electron chi connectivity index (χ0n) is 11.2. The van der Waals surface area contributed by atoms with E-state index in [4.69, 9.17) is 17.3 Å². The van der Waals surface area contributed by atoms with E-state index in [1.165, 1.54) is 0 Å². The molecule has 0 aliphatic rings. The lowest BCUT2D eigenvalue weighted by Crippen LogP contribution is -2.35. The lowest BCUT2D eigenvalue weighted by atomic mass is 9.94. The zero-order chi connectivity index (χ0) is 13.7. The van der Waals surface area contributed by atoms with E-state index >= 15 is 0 Å². The van der Waals surface area contributed by atoms with E-state index in [0.717, 1.165) is 5.56 Å². The highest BCUT2D eigenvalue weighted by molar-refractivity contribution is 6.31. The molecule has 1 aromatic rings. The first-order valence-corrected chi connectivity index (χ1v) is 6.57. The quantitative estimate of drug-likeness (QED) is 0.893. The average Bonchev–Trinajstić information content (AvgIpc) is 2.31. The van der Waals surface area contributed by atoms with Crippen molar-refractivity contribution in [2.75, 3.05) is 13.6 Å². The molecule has 2 N–H and O–H groups in total. The molecule has 3 nitrogen and oxygen atoms in total. The number of amides is 1. The van der Waals surface area contributed by atoms with E-state index in [0.29, 0.717) is 18.0 Å². The Bertz CT molecular complexity index is 407. The Kier molecular flexibility index (Phi) is 5.63. The molecule has 0 radical (unpaired) electrons. The summed E-state index contributed by atoms with van der Waals surface area (Å²) in [6, 6.07) is 7.65. The number of hydrogen-bond donors (Lipinski definition) is 1. The molecule has 0 aromatic heterocycles. The number of nitrogens with zero attached hydrogens (tertiary/aromatic N) is 1. The number of carbonyl (C=O) groups is 1. The van der Waals surface area contributed by atoms with Gasteiger partial charge < -0.3 is 10.6 Å². The van der Waals surface area contributed by atoms with Crippen molar-refractivity contribution in [1.29, 1.82) is 0 Å². The van der Waals surface area contributed by atoms with E-state index < -0.39 is 0 Å². The number of benzene rings is 1. The Hall–Kier alpha value is -1.06. The van der Waals surface area contributed by atoms with Crippen LogP contribution in [0.4, 0.5) is 0 Å². The van der Waals surface area contributed by atoms with Crippen LogP contribution in [0.1, 0.15) is 31.9 Å². The van der Waals surface area contributed by atoms with Gasteiger partial charge in [0.2, 0.25) is 5.91 Å². The van der Waals surface area contributed by atoms with Gasteiger partial charge >= 0.3 is 0 Å². The first-order chi connectivity index (χ1) is 8.49. The highest BCUT2D eigenvalue weighted by Crippen LogP contribution is 2.32. The Labute approximate surface area is 114 Å². The molecular formula is C14H21ClN2O. The third-order valence-corrected chi connectivity index (χ3v) is 3.37. The van der Waals surface area contributed by atoms with Crippen LogP contribution >= 0.6 is 11.6 Å². The van der Waals surface area contributed by atoms with Gasteiger partial charge in [0.05, 0.1) is 6.04 Å². The van der Waals surface area contributed by atoms with Crippen LogP contribution in [0.5, 0.6) is 0 Å². The number of rotatable bonds is 5. The summed E-state index contributed by atoms with van der Waals surface area (Å²) < 4.78 is 0. The summed E-state index contributed by atoms with van der Waals surface area (Å²) in [5.41, 5.74) is 6.43. The van der Waals surface area contributed by atoms with Crippen molar-refractivity contribution in [3.63, 3.8) is 0 Å². The minimum Gasteiger partial charge on any atom is -0.338 e. The van der Waals surface area contributed by atoms with Gasteiger partial charge in [0, 0.05) is 25.0 Å². The van der Waals surface area contributed by atoms with E-state index in [1.807, 2.05) is 31.3 Å². The van der Waals surface area contributed by atoms with Gasteiger partial charge in [0.1, 0.15) is 0 Å². The molecule has 100 valence electrons. The standard InChI is InChI=1S/C14H21ClN2O/c1-10(2)14(17(3)13(18)8-9-16)11-6-4-5-7-12(11)15/h4-7,10,14H,8-9,16H2,1-3H3/t14-/m0/s1. The topological polar surface area (TPSA) is 46.3 Å². The SMILES string of the molecule is CC(C)[C@@H](c1ccccc1Cl)N(C)C(=O)CCN. The molecule has 0 fully saturated rings. The van der Waals surface area contributed by atoms with Crippen molar-refractivity contribution in [3.05, 3.63) is 34.9 Å². The average molecular weight is 269 g/mol. The van der Waals surface area contributed by atoms with Gasteiger partial charge in [-0.05, 0) is 17.5 Å². The van der Waals surface area contributed by atoms with Gasteiger partial charge in [-0.1, -0.05) is 43.6 Å². The third-order valence-electron chi connectivity index (χ3n) is 3.02. The van der Waals surface area contributed by atoms with Gasteiger partial charge in [-0.2, -0.15) is 0 Å². The van der Waals surface area contributed by atoms with Crippen molar-refractivity contribution < 1.29 is 4.79 Å². The molecule has 18 heavy (non-hydrogen) atoms. The van der Waals surface area contributed by atoms with E-state index in [9.17, 15) is 4.79 Å². The summed E-state index contributed by atoms with van der Waals surface area (Å²) in [5.74, 6) is 0.341. The molecule has 0 saturated carbocycles. The molecule has 1 amide bonds. The van der Waals surface area contributed by atoms with Crippen LogP contribution in [-0.4, -0.2) is 24.4 Å². The smallest absolute Gasteiger partial charge is 0.224 e. The highest BCUT2D eigenvalue weighted by atomic mass is 35.5. The molecule has 0 aliphatic carbocycles. The van der Waals surface area contributed by atoms with Gasteiger partial charge in [-0.25, -0.2) is 0 Å². The molecule has 0 heterocycles. The van der Waals surface area contributed by atoms with Crippen LogP contribution in [0, 0.1) is 5.92 Å². The Balaban J connectivity index is 3.04. The second-order valence-electron chi connectivity index (χ2n) is 4.75. The largest absolute Gasteiger partial charge is 0.338 e. The second kappa shape index (κ2) is 6.76. The molecule has 0 spiro atoms. The molecule has 0 aliphatic heterocycles. The minimum atomic E-state index is -0.0160. The van der Waals surface area contributed by atoms with Crippen LogP contribution in [0.25, 0.3) is 0 Å². The van der Waals surface area contributed by atoms with Gasteiger partial charge in [0.15, 0.2) is 0 Å². The Morgan fingerprint density at radius 3 is 2.50 bits per heavy atom. The summed E-state index contributed by atoms with van der Waals surface area (Å²) in [6.45, 7) is 4.54. The molecule has 1 rings (SSSR count). The summed E-state index contributed by atoms with van der Waals surface area (Å²) in [5, 5.41) is 0.698. The highest BCUT2D eigenvalue weighted by Gasteiger charge is 2.25. The molecular weight excluding hydrogens is 248 g/mol. The predicted octanol–water partition coefficient (Wildman–Crippen LogP) is 2.84. The van der Waals surface area contributed by atoms with Crippen LogP contribution in [0.15, 0.2) is 24.3 Å². The first kappa shape index (κ1) is 15.0. The number of nitrogens with two attached hydrogens (primary N) is 1. The fraction of sp³-hybridized carbons (Fsp3) is 0.500. The lowest BCUT2D eigenvalue weighted by molar-refractivity contribution is -0.132. The van der Waals surface area contributed by atoms with Crippen molar-refractivity contribution in [3.8, 4) is 0 Å². The third kappa shape index (κ3) is 3.47. The second-order valence-corrected chi connectivity index (χ2v) is 5.16. The van der Waals surface area contributed by atoms with E-state index in [2.05, 4.69) is 13.8 Å². The number of halogens is 1. The number of hydrogen-bond acceptors (Lipinski definition) is 2. The van der Waals surface area contributed by atoms with Crippen molar-refractivity contribution in [1.82, 2.24) is 4.90 Å². The summed E-state index contributed by atoms with van der Waals surface area (Å²) in [6.07, 6.45) is 0.365. The first-order valence-electron chi connectivity index (χ1n) is 6.19. The van der Waals surface area contributed by atoms with E-state index in [-0.39, 0.29) is 17.9 Å². The fourth-order valence-corrected chi connectivity index (χ4v) is 2.43. The fourth-order valence-electron chi connectivity index (χ4n) is 2.18. The molecule has 0 unspecified atom stereocenters. The number of carbonyl (C=O) groups excluding carboxylic acids is 1. The van der Waals surface area contributed by atoms with Gasteiger partial charge in [0.25, 0.3) is 0 Å². The van der Waals surface area contributed by atoms with Crippen LogP contribution < -0.4 is 5.73 Å². The minimum absolute atomic E-state index is 0.0160. The van der Waals surface area contributed by atoms with Crippen molar-refractivity contribution in [2.45, 2.75) is 26.3 Å². The van der Waals surface area contributed by atoms with Crippen LogP contribution in [-0.2, 0) is 4.79 Å². The zero-order valence-corrected chi connectivity index (χ0v) is 11.9. The lowest BCUT2D eigenvalue weighted by Gasteiger charge is -2.32. The summed E-state index contributed by atoms with van der Waals surface area (Å²) >= 11 is 6.23. The normalized spacial score (nSPS) is 12.6. The Morgan fingerprint density at radius 1 is 1.39 bits per heavy atom. The maximum absolute atomic E-state index is 12.0. The molecule has 0 bridgehead atoms. The monoisotopic (exact) mass is 268 g/mol. The molecule has 0 saturated heterocycles. The van der Waals surface area contributed by atoms with Crippen LogP contribution in [0.3, 0.4) is 0 Å². The van der Waals surface area contributed by atoms with Gasteiger partial charge in [-0.3, -0.25) is 4.79 Å². The molecule has 4 heteroatoms. The maximum Gasteiger partial charge on any atom is 0.224 e. The van der Waals surface area contributed by atoms with Gasteiger partial charge in [-0.15, -0.1) is 0 Å². The predicted molar refractivity (Wildman–Crippen MR) is 75.5 cm³/mol.